The van der Waals surface area contributed by atoms with Crippen molar-refractivity contribution in [1.82, 2.24) is 20.5 Å². The second kappa shape index (κ2) is 12.8. The highest BCUT2D eigenvalue weighted by atomic mass is 35.5. The van der Waals surface area contributed by atoms with Crippen molar-refractivity contribution in [2.75, 3.05) is 57.4 Å². The molecule has 1 aromatic rings. The van der Waals surface area contributed by atoms with Gasteiger partial charge in [-0.05, 0) is 12.1 Å². The molecule has 2 fully saturated rings. The van der Waals surface area contributed by atoms with Gasteiger partial charge in [0.05, 0.1) is 13.2 Å². The van der Waals surface area contributed by atoms with Gasteiger partial charge in [-0.2, -0.15) is 0 Å². The van der Waals surface area contributed by atoms with Crippen molar-refractivity contribution >= 4 is 42.4 Å². The SMILES string of the molecule is Cl.Cl.O=C(CC1COCCN1)NCCC(=O)N1CCN(c2ccccn2)CC1. The Morgan fingerprint density at radius 2 is 2.00 bits per heavy atom. The molecule has 2 N–H and O–H groups in total. The molecule has 0 saturated carbocycles. The first kappa shape index (κ1) is 24.4. The van der Waals surface area contributed by atoms with Gasteiger partial charge in [-0.15, -0.1) is 24.8 Å². The molecule has 8 nitrogen and oxygen atoms in total. The molecular weight excluding hydrogens is 405 g/mol. The molecule has 1 unspecified atom stereocenters. The smallest absolute Gasteiger partial charge is 0.224 e. The molecule has 0 aromatic carbocycles. The van der Waals surface area contributed by atoms with Gasteiger partial charge >= 0.3 is 0 Å². The van der Waals surface area contributed by atoms with Gasteiger partial charge in [0.25, 0.3) is 0 Å². The number of ether oxygens (including phenoxy) is 1. The molecule has 0 bridgehead atoms. The first-order valence-electron chi connectivity index (χ1n) is 9.24. The van der Waals surface area contributed by atoms with Crippen molar-refractivity contribution in [2.45, 2.75) is 18.9 Å². The number of halogens is 2. The van der Waals surface area contributed by atoms with Crippen molar-refractivity contribution in [3.05, 3.63) is 24.4 Å². The van der Waals surface area contributed by atoms with Crippen molar-refractivity contribution in [3.63, 3.8) is 0 Å². The quantitative estimate of drug-likeness (QED) is 0.677. The maximum Gasteiger partial charge on any atom is 0.224 e. The monoisotopic (exact) mass is 433 g/mol. The summed E-state index contributed by atoms with van der Waals surface area (Å²) < 4.78 is 5.33. The average Bonchev–Trinajstić information content (AvgIpc) is 2.69. The number of carbonyl (C=O) groups is 2. The van der Waals surface area contributed by atoms with E-state index in [1.807, 2.05) is 23.1 Å². The topological polar surface area (TPSA) is 86.8 Å². The van der Waals surface area contributed by atoms with Gasteiger partial charge < -0.3 is 25.2 Å². The summed E-state index contributed by atoms with van der Waals surface area (Å²) in [5.74, 6) is 0.998. The number of hydrogen-bond donors (Lipinski definition) is 2. The molecule has 158 valence electrons. The summed E-state index contributed by atoms with van der Waals surface area (Å²) in [7, 11) is 0. The van der Waals surface area contributed by atoms with Crippen LogP contribution in [0.25, 0.3) is 0 Å². The zero-order chi connectivity index (χ0) is 18.2. The molecule has 1 aromatic heterocycles. The Balaban J connectivity index is 0.00000196. The third kappa shape index (κ3) is 7.43. The number of pyridine rings is 1. The lowest BCUT2D eigenvalue weighted by Crippen LogP contribution is -2.49. The van der Waals surface area contributed by atoms with E-state index in [1.54, 1.807) is 6.20 Å². The van der Waals surface area contributed by atoms with Gasteiger partial charge in [-0.25, -0.2) is 4.98 Å². The van der Waals surface area contributed by atoms with Crippen LogP contribution in [-0.4, -0.2) is 80.2 Å². The molecule has 2 amide bonds. The van der Waals surface area contributed by atoms with E-state index in [9.17, 15) is 9.59 Å². The Kier molecular flexibility index (Phi) is 11.1. The predicted octanol–water partition coefficient (Wildman–Crippen LogP) is 0.459. The summed E-state index contributed by atoms with van der Waals surface area (Å²) in [5, 5.41) is 6.08. The van der Waals surface area contributed by atoms with E-state index in [0.717, 1.165) is 25.5 Å². The van der Waals surface area contributed by atoms with Crippen LogP contribution in [0.15, 0.2) is 24.4 Å². The number of carbonyl (C=O) groups excluding carboxylic acids is 2. The number of nitrogens with zero attached hydrogens (tertiary/aromatic N) is 3. The van der Waals surface area contributed by atoms with Crippen molar-refractivity contribution in [2.24, 2.45) is 0 Å². The number of nitrogens with one attached hydrogen (secondary N) is 2. The highest BCUT2D eigenvalue weighted by Crippen LogP contribution is 2.12. The van der Waals surface area contributed by atoms with Crippen molar-refractivity contribution in [3.8, 4) is 0 Å². The summed E-state index contributed by atoms with van der Waals surface area (Å²) in [6.07, 6.45) is 2.51. The number of aromatic nitrogens is 1. The standard InChI is InChI=1S/C18H27N5O3.2ClH/c24-17(13-15-14-26-12-7-19-15)21-6-4-18(25)23-10-8-22(9-11-23)16-3-1-2-5-20-16;;/h1-3,5,15,19H,4,6-14H2,(H,21,24);2*1H. The van der Waals surface area contributed by atoms with E-state index < -0.39 is 0 Å². The molecule has 3 heterocycles. The summed E-state index contributed by atoms with van der Waals surface area (Å²) in [6, 6.07) is 5.92. The zero-order valence-corrected chi connectivity index (χ0v) is 17.5. The minimum absolute atomic E-state index is 0. The molecule has 0 aliphatic carbocycles. The maximum absolute atomic E-state index is 12.3. The van der Waals surface area contributed by atoms with Crippen LogP contribution in [-0.2, 0) is 14.3 Å². The number of rotatable bonds is 6. The minimum Gasteiger partial charge on any atom is -0.378 e. The van der Waals surface area contributed by atoms with Crippen molar-refractivity contribution < 1.29 is 14.3 Å². The van der Waals surface area contributed by atoms with Crippen LogP contribution in [0.1, 0.15) is 12.8 Å². The molecule has 28 heavy (non-hydrogen) atoms. The number of amides is 2. The average molecular weight is 434 g/mol. The third-order valence-electron chi connectivity index (χ3n) is 4.70. The third-order valence-corrected chi connectivity index (χ3v) is 4.70. The van der Waals surface area contributed by atoms with Gasteiger partial charge in [0.2, 0.25) is 11.8 Å². The number of anilines is 1. The molecule has 1 atom stereocenters. The van der Waals surface area contributed by atoms with Crippen LogP contribution < -0.4 is 15.5 Å². The van der Waals surface area contributed by atoms with Crippen LogP contribution in [0.5, 0.6) is 0 Å². The van der Waals surface area contributed by atoms with Crippen LogP contribution in [0.2, 0.25) is 0 Å². The largest absolute Gasteiger partial charge is 0.378 e. The lowest BCUT2D eigenvalue weighted by Gasteiger charge is -2.35. The Morgan fingerprint density at radius 1 is 1.21 bits per heavy atom. The fraction of sp³-hybridized carbons (Fsp3) is 0.611. The fourth-order valence-corrected chi connectivity index (χ4v) is 3.24. The van der Waals surface area contributed by atoms with E-state index in [4.69, 9.17) is 4.74 Å². The lowest BCUT2D eigenvalue weighted by molar-refractivity contribution is -0.131. The van der Waals surface area contributed by atoms with Gasteiger partial charge in [0.15, 0.2) is 0 Å². The maximum atomic E-state index is 12.3. The second-order valence-corrected chi connectivity index (χ2v) is 6.59. The van der Waals surface area contributed by atoms with Crippen LogP contribution in [0, 0.1) is 0 Å². The van der Waals surface area contributed by atoms with Gasteiger partial charge in [0.1, 0.15) is 5.82 Å². The molecule has 0 radical (unpaired) electrons. The van der Waals surface area contributed by atoms with Gasteiger partial charge in [-0.1, -0.05) is 6.07 Å². The Morgan fingerprint density at radius 3 is 2.64 bits per heavy atom. The molecule has 2 saturated heterocycles. The first-order valence-corrected chi connectivity index (χ1v) is 9.24. The number of piperazine rings is 1. The minimum atomic E-state index is -0.0410. The molecular formula is C18H29Cl2N5O3. The van der Waals surface area contributed by atoms with E-state index in [2.05, 4.69) is 20.5 Å². The molecule has 2 aliphatic rings. The van der Waals surface area contributed by atoms with Crippen LogP contribution in [0.3, 0.4) is 0 Å². The summed E-state index contributed by atoms with van der Waals surface area (Å²) in [5.41, 5.74) is 0. The molecule has 2 aliphatic heterocycles. The van der Waals surface area contributed by atoms with E-state index in [0.29, 0.717) is 45.7 Å². The summed E-state index contributed by atoms with van der Waals surface area (Å²) in [4.78, 5) is 32.6. The fourth-order valence-electron chi connectivity index (χ4n) is 3.24. The van der Waals surface area contributed by atoms with Gasteiger partial charge in [-0.3, -0.25) is 9.59 Å². The number of hydrogen-bond acceptors (Lipinski definition) is 6. The molecule has 3 rings (SSSR count). The van der Waals surface area contributed by atoms with Crippen LogP contribution >= 0.6 is 24.8 Å². The van der Waals surface area contributed by atoms with Crippen molar-refractivity contribution in [1.29, 1.82) is 0 Å². The molecule has 0 spiro atoms. The summed E-state index contributed by atoms with van der Waals surface area (Å²) in [6.45, 7) is 5.35. The Bertz CT molecular complexity index is 594. The zero-order valence-electron chi connectivity index (χ0n) is 15.8. The van der Waals surface area contributed by atoms with E-state index in [-0.39, 0.29) is 42.7 Å². The predicted molar refractivity (Wildman–Crippen MR) is 112 cm³/mol. The number of morpholine rings is 1. The summed E-state index contributed by atoms with van der Waals surface area (Å²) >= 11 is 0. The Labute approximate surface area is 178 Å². The van der Waals surface area contributed by atoms with E-state index >= 15 is 0 Å². The molecule has 10 heteroatoms. The highest BCUT2D eigenvalue weighted by Gasteiger charge is 2.22. The van der Waals surface area contributed by atoms with E-state index in [1.165, 1.54) is 0 Å². The Hall–Kier alpha value is -1.61. The van der Waals surface area contributed by atoms with Crippen LogP contribution in [0.4, 0.5) is 5.82 Å². The lowest BCUT2D eigenvalue weighted by atomic mass is 10.2. The normalized spacial score (nSPS) is 19.2. The first-order chi connectivity index (χ1) is 12.7. The second-order valence-electron chi connectivity index (χ2n) is 6.59. The van der Waals surface area contributed by atoms with Gasteiger partial charge in [0, 0.05) is 64.3 Å². The highest BCUT2D eigenvalue weighted by molar-refractivity contribution is 5.85.